The highest BCUT2D eigenvalue weighted by Gasteiger charge is 2.12. The van der Waals surface area contributed by atoms with Crippen molar-refractivity contribution < 1.29 is 4.74 Å². The van der Waals surface area contributed by atoms with Gasteiger partial charge >= 0.3 is 0 Å². The SMILES string of the molecule is CCCCCOc1ccc(-c2nc3s/c(=C\c4ccc(N(C)C)cc4)c(=O)n3n2)cc1. The molecule has 0 N–H and O–H groups in total. The zero-order chi connectivity index (χ0) is 21.8. The van der Waals surface area contributed by atoms with Crippen LogP contribution in [-0.2, 0) is 0 Å². The molecular formula is C24H26N4O2S. The molecule has 0 atom stereocenters. The van der Waals surface area contributed by atoms with Crippen LogP contribution in [0.4, 0.5) is 5.69 Å². The molecule has 0 aliphatic rings. The first-order valence-corrected chi connectivity index (χ1v) is 11.3. The molecule has 0 saturated carbocycles. The molecule has 2 aromatic carbocycles. The maximum atomic E-state index is 12.8. The minimum Gasteiger partial charge on any atom is -0.494 e. The Morgan fingerprint density at radius 2 is 1.81 bits per heavy atom. The summed E-state index contributed by atoms with van der Waals surface area (Å²) in [5.41, 5.74) is 2.80. The molecule has 0 fully saturated rings. The molecule has 0 aliphatic carbocycles. The van der Waals surface area contributed by atoms with E-state index in [2.05, 4.69) is 17.0 Å². The molecule has 0 bridgehead atoms. The molecule has 0 unspecified atom stereocenters. The second kappa shape index (κ2) is 9.31. The second-order valence-corrected chi connectivity index (χ2v) is 8.62. The van der Waals surface area contributed by atoms with Crippen molar-refractivity contribution in [2.75, 3.05) is 25.6 Å². The lowest BCUT2D eigenvalue weighted by Gasteiger charge is -2.11. The number of hydrogen-bond donors (Lipinski definition) is 0. The number of hydrogen-bond acceptors (Lipinski definition) is 6. The Balaban J connectivity index is 1.54. The average Bonchev–Trinajstić information content (AvgIpc) is 3.31. The Bertz CT molecular complexity index is 1260. The van der Waals surface area contributed by atoms with Gasteiger partial charge in [-0.25, -0.2) is 0 Å². The Hall–Kier alpha value is -3.19. The fourth-order valence-electron chi connectivity index (χ4n) is 3.22. The number of anilines is 1. The minimum atomic E-state index is -0.147. The number of fused-ring (bicyclic) bond motifs is 1. The van der Waals surface area contributed by atoms with Crippen LogP contribution >= 0.6 is 11.3 Å². The van der Waals surface area contributed by atoms with Crippen LogP contribution in [0.3, 0.4) is 0 Å². The predicted molar refractivity (Wildman–Crippen MR) is 127 cm³/mol. The van der Waals surface area contributed by atoms with E-state index in [0.717, 1.165) is 35.6 Å². The Morgan fingerprint density at radius 3 is 2.45 bits per heavy atom. The van der Waals surface area contributed by atoms with Gasteiger partial charge in [-0.05, 0) is 54.5 Å². The minimum absolute atomic E-state index is 0.147. The van der Waals surface area contributed by atoms with E-state index in [1.165, 1.54) is 28.7 Å². The summed E-state index contributed by atoms with van der Waals surface area (Å²) >= 11 is 1.35. The van der Waals surface area contributed by atoms with Crippen LogP contribution in [0.2, 0.25) is 0 Å². The summed E-state index contributed by atoms with van der Waals surface area (Å²) in [4.78, 5) is 20.0. The highest BCUT2D eigenvalue weighted by molar-refractivity contribution is 7.15. The fraction of sp³-hybridized carbons (Fsp3) is 0.292. The van der Waals surface area contributed by atoms with Crippen molar-refractivity contribution >= 4 is 28.1 Å². The number of thiazole rings is 1. The van der Waals surface area contributed by atoms with Gasteiger partial charge in [0.1, 0.15) is 5.75 Å². The number of aromatic nitrogens is 3. The summed E-state index contributed by atoms with van der Waals surface area (Å²) in [6, 6.07) is 15.8. The third-order valence-electron chi connectivity index (χ3n) is 5.02. The number of nitrogens with zero attached hydrogens (tertiary/aromatic N) is 4. The highest BCUT2D eigenvalue weighted by atomic mass is 32.1. The van der Waals surface area contributed by atoms with Gasteiger partial charge in [-0.1, -0.05) is 43.2 Å². The maximum absolute atomic E-state index is 12.8. The van der Waals surface area contributed by atoms with Crippen molar-refractivity contribution in [3.63, 3.8) is 0 Å². The van der Waals surface area contributed by atoms with Gasteiger partial charge in [0.05, 0.1) is 11.1 Å². The van der Waals surface area contributed by atoms with Crippen molar-refractivity contribution in [2.45, 2.75) is 26.2 Å². The molecule has 4 rings (SSSR count). The van der Waals surface area contributed by atoms with Crippen LogP contribution < -0.4 is 19.7 Å². The number of unbranched alkanes of at least 4 members (excludes halogenated alkanes) is 2. The molecule has 4 aromatic rings. The standard InChI is InChI=1S/C24H26N4O2S/c1-4-5-6-15-30-20-13-9-18(10-14-20)22-25-24-28(26-22)23(29)21(31-24)16-17-7-11-19(12-8-17)27(2)3/h7-14,16H,4-6,15H2,1-3H3/b21-16-. The predicted octanol–water partition coefficient (Wildman–Crippen LogP) is 4.00. The molecule has 0 aliphatic heterocycles. The van der Waals surface area contributed by atoms with Gasteiger partial charge in [0.15, 0.2) is 5.82 Å². The summed E-state index contributed by atoms with van der Waals surface area (Å²) in [6.45, 7) is 2.90. The van der Waals surface area contributed by atoms with E-state index >= 15 is 0 Å². The van der Waals surface area contributed by atoms with Crippen LogP contribution in [0, 0.1) is 0 Å². The van der Waals surface area contributed by atoms with Gasteiger partial charge in [-0.3, -0.25) is 4.79 Å². The molecular weight excluding hydrogens is 408 g/mol. The smallest absolute Gasteiger partial charge is 0.291 e. The third kappa shape index (κ3) is 4.77. The molecule has 31 heavy (non-hydrogen) atoms. The first kappa shape index (κ1) is 21.1. The summed E-state index contributed by atoms with van der Waals surface area (Å²) in [5.74, 6) is 1.38. The molecule has 7 heteroatoms. The van der Waals surface area contributed by atoms with E-state index in [-0.39, 0.29) is 5.56 Å². The number of rotatable bonds is 8. The van der Waals surface area contributed by atoms with Gasteiger partial charge in [0, 0.05) is 25.3 Å². The van der Waals surface area contributed by atoms with Crippen molar-refractivity contribution in [1.82, 2.24) is 14.6 Å². The van der Waals surface area contributed by atoms with E-state index in [9.17, 15) is 4.79 Å². The Kier molecular flexibility index (Phi) is 6.32. The Labute approximate surface area is 185 Å². The lowest BCUT2D eigenvalue weighted by Crippen LogP contribution is -2.23. The molecule has 0 spiro atoms. The lowest BCUT2D eigenvalue weighted by atomic mass is 10.2. The maximum Gasteiger partial charge on any atom is 0.291 e. The van der Waals surface area contributed by atoms with Crippen LogP contribution in [0.1, 0.15) is 31.7 Å². The monoisotopic (exact) mass is 434 g/mol. The lowest BCUT2D eigenvalue weighted by molar-refractivity contribution is 0.306. The normalized spacial score (nSPS) is 11.9. The van der Waals surface area contributed by atoms with E-state index in [1.54, 1.807) is 0 Å². The topological polar surface area (TPSA) is 59.7 Å². The molecule has 2 heterocycles. The van der Waals surface area contributed by atoms with Gasteiger partial charge in [-0.15, -0.1) is 5.10 Å². The quantitative estimate of drug-likeness (QED) is 0.392. The molecule has 160 valence electrons. The second-order valence-electron chi connectivity index (χ2n) is 7.61. The molecule has 0 radical (unpaired) electrons. The van der Waals surface area contributed by atoms with E-state index in [1.807, 2.05) is 73.6 Å². The van der Waals surface area contributed by atoms with Crippen molar-refractivity contribution in [3.05, 3.63) is 69.0 Å². The first-order valence-electron chi connectivity index (χ1n) is 10.5. The van der Waals surface area contributed by atoms with Gasteiger partial charge in [0.2, 0.25) is 4.96 Å². The van der Waals surface area contributed by atoms with E-state index in [0.29, 0.717) is 15.3 Å². The highest BCUT2D eigenvalue weighted by Crippen LogP contribution is 2.21. The summed E-state index contributed by atoms with van der Waals surface area (Å²) < 4.78 is 7.76. The molecule has 0 amide bonds. The summed E-state index contributed by atoms with van der Waals surface area (Å²) in [5, 5.41) is 4.43. The van der Waals surface area contributed by atoms with Crippen LogP contribution in [0.5, 0.6) is 5.75 Å². The third-order valence-corrected chi connectivity index (χ3v) is 5.98. The summed E-state index contributed by atoms with van der Waals surface area (Å²) in [6.07, 6.45) is 5.29. The van der Waals surface area contributed by atoms with Gasteiger partial charge in [0.25, 0.3) is 5.56 Å². The first-order chi connectivity index (χ1) is 15.0. The molecule has 2 aromatic heterocycles. The van der Waals surface area contributed by atoms with Crippen LogP contribution in [0.25, 0.3) is 22.4 Å². The molecule has 0 saturated heterocycles. The van der Waals surface area contributed by atoms with Crippen LogP contribution in [-0.4, -0.2) is 35.3 Å². The molecule has 6 nitrogen and oxygen atoms in total. The largest absolute Gasteiger partial charge is 0.494 e. The summed E-state index contributed by atoms with van der Waals surface area (Å²) in [7, 11) is 4.00. The average molecular weight is 435 g/mol. The zero-order valence-electron chi connectivity index (χ0n) is 18.0. The zero-order valence-corrected chi connectivity index (χ0v) is 18.9. The van der Waals surface area contributed by atoms with Crippen molar-refractivity contribution in [1.29, 1.82) is 0 Å². The fourth-order valence-corrected chi connectivity index (χ4v) is 4.13. The van der Waals surface area contributed by atoms with E-state index in [4.69, 9.17) is 4.74 Å². The Morgan fingerprint density at radius 1 is 1.06 bits per heavy atom. The van der Waals surface area contributed by atoms with Crippen molar-refractivity contribution in [2.24, 2.45) is 0 Å². The number of ether oxygens (including phenoxy) is 1. The number of benzene rings is 2. The van der Waals surface area contributed by atoms with Gasteiger partial charge < -0.3 is 9.64 Å². The van der Waals surface area contributed by atoms with Crippen molar-refractivity contribution in [3.8, 4) is 17.1 Å². The van der Waals surface area contributed by atoms with E-state index < -0.39 is 0 Å². The van der Waals surface area contributed by atoms with Gasteiger partial charge in [-0.2, -0.15) is 9.50 Å². The van der Waals surface area contributed by atoms with Crippen LogP contribution in [0.15, 0.2) is 53.3 Å².